The third kappa shape index (κ3) is 4.51. The molecule has 31 heavy (non-hydrogen) atoms. The van der Waals surface area contributed by atoms with Crippen molar-refractivity contribution in [3.8, 4) is 0 Å². The largest absolute Gasteiger partial charge is 0.379 e. The van der Waals surface area contributed by atoms with E-state index in [2.05, 4.69) is 41.5 Å². The van der Waals surface area contributed by atoms with E-state index in [0.717, 1.165) is 45.2 Å². The molecule has 2 N–H and O–H groups in total. The highest BCUT2D eigenvalue weighted by Crippen LogP contribution is 2.52. The number of rotatable bonds is 8. The number of morpholine rings is 1. The molecule has 172 valence electrons. The molecule has 2 amide bonds. The predicted molar refractivity (Wildman–Crippen MR) is 119 cm³/mol. The van der Waals surface area contributed by atoms with Gasteiger partial charge in [0.25, 0.3) is 0 Å². The first-order valence-electron chi connectivity index (χ1n) is 11.9. The van der Waals surface area contributed by atoms with Gasteiger partial charge in [-0.3, -0.25) is 24.4 Å². The van der Waals surface area contributed by atoms with Gasteiger partial charge in [0.15, 0.2) is 5.96 Å². The molecular weight excluding hydrogens is 394 g/mol. The zero-order valence-corrected chi connectivity index (χ0v) is 19.0. The van der Waals surface area contributed by atoms with Crippen molar-refractivity contribution in [2.24, 2.45) is 34.6 Å². The lowest BCUT2D eigenvalue weighted by Crippen LogP contribution is -2.48. The summed E-state index contributed by atoms with van der Waals surface area (Å²) >= 11 is 0. The Hall–Kier alpha value is -1.93. The molecule has 5 unspecified atom stereocenters. The molecule has 4 aliphatic rings. The molecule has 2 aliphatic carbocycles. The SMILES string of the molecule is CCNC(=NCC(C(C)C)N1CCOCC1)NCCN1C(=O)C2C3C=CC(C3)C2C1=O. The fraction of sp³-hybridized carbons (Fsp3) is 0.783. The third-order valence-electron chi connectivity index (χ3n) is 7.25. The maximum Gasteiger partial charge on any atom is 0.233 e. The highest BCUT2D eigenvalue weighted by Gasteiger charge is 2.58. The Morgan fingerprint density at radius 2 is 1.77 bits per heavy atom. The van der Waals surface area contributed by atoms with Crippen LogP contribution < -0.4 is 10.6 Å². The number of amides is 2. The molecule has 5 atom stereocenters. The van der Waals surface area contributed by atoms with Crippen molar-refractivity contribution in [2.45, 2.75) is 33.2 Å². The minimum absolute atomic E-state index is 0.0165. The summed E-state index contributed by atoms with van der Waals surface area (Å²) in [4.78, 5) is 34.4. The topological polar surface area (TPSA) is 86.3 Å². The Morgan fingerprint density at radius 1 is 1.13 bits per heavy atom. The van der Waals surface area contributed by atoms with Gasteiger partial charge in [-0.15, -0.1) is 0 Å². The van der Waals surface area contributed by atoms with Crippen LogP contribution in [-0.2, 0) is 14.3 Å². The Balaban J connectivity index is 1.31. The summed E-state index contributed by atoms with van der Waals surface area (Å²) < 4.78 is 5.49. The lowest BCUT2D eigenvalue weighted by molar-refractivity contribution is -0.140. The molecule has 2 heterocycles. The number of likely N-dealkylation sites (tertiary alicyclic amines) is 1. The maximum absolute atomic E-state index is 12.8. The number of aliphatic imine (C=N–C) groups is 1. The number of carbonyl (C=O) groups is 2. The smallest absolute Gasteiger partial charge is 0.233 e. The number of allylic oxidation sites excluding steroid dienone is 2. The summed E-state index contributed by atoms with van der Waals surface area (Å²) in [5, 5.41) is 6.61. The van der Waals surface area contributed by atoms with Crippen molar-refractivity contribution in [3.05, 3.63) is 12.2 Å². The minimum atomic E-state index is -0.121. The van der Waals surface area contributed by atoms with E-state index < -0.39 is 0 Å². The fourth-order valence-corrected chi connectivity index (χ4v) is 5.65. The van der Waals surface area contributed by atoms with E-state index in [9.17, 15) is 9.59 Å². The van der Waals surface area contributed by atoms with Crippen molar-refractivity contribution in [3.63, 3.8) is 0 Å². The fourth-order valence-electron chi connectivity index (χ4n) is 5.65. The van der Waals surface area contributed by atoms with Crippen molar-refractivity contribution < 1.29 is 14.3 Å². The molecule has 4 rings (SSSR count). The first-order chi connectivity index (χ1) is 15.0. The Kier molecular flexibility index (Phi) is 6.96. The number of nitrogens with zero attached hydrogens (tertiary/aromatic N) is 3. The monoisotopic (exact) mass is 431 g/mol. The van der Waals surface area contributed by atoms with Gasteiger partial charge in [0.2, 0.25) is 11.8 Å². The molecule has 2 bridgehead atoms. The van der Waals surface area contributed by atoms with Gasteiger partial charge >= 0.3 is 0 Å². The summed E-state index contributed by atoms with van der Waals surface area (Å²) in [6, 6.07) is 0.364. The van der Waals surface area contributed by atoms with Gasteiger partial charge in [0, 0.05) is 38.8 Å². The molecule has 1 saturated carbocycles. The van der Waals surface area contributed by atoms with Crippen molar-refractivity contribution >= 4 is 17.8 Å². The molecule has 0 spiro atoms. The second-order valence-corrected chi connectivity index (χ2v) is 9.43. The summed E-state index contributed by atoms with van der Waals surface area (Å²) in [5.41, 5.74) is 0. The van der Waals surface area contributed by atoms with Crippen LogP contribution in [0.2, 0.25) is 0 Å². The van der Waals surface area contributed by atoms with Gasteiger partial charge in [0.1, 0.15) is 0 Å². The summed E-state index contributed by atoms with van der Waals surface area (Å²) in [5.74, 6) is 1.54. The van der Waals surface area contributed by atoms with Crippen LogP contribution in [0.15, 0.2) is 17.1 Å². The van der Waals surface area contributed by atoms with Crippen LogP contribution in [0.4, 0.5) is 0 Å². The number of imide groups is 1. The van der Waals surface area contributed by atoms with Crippen LogP contribution in [0.25, 0.3) is 0 Å². The molecule has 0 aromatic carbocycles. The van der Waals surface area contributed by atoms with Crippen LogP contribution >= 0.6 is 0 Å². The van der Waals surface area contributed by atoms with E-state index in [1.807, 2.05) is 6.92 Å². The van der Waals surface area contributed by atoms with Crippen molar-refractivity contribution in [1.82, 2.24) is 20.4 Å². The number of ether oxygens (including phenoxy) is 1. The van der Waals surface area contributed by atoms with E-state index in [4.69, 9.17) is 9.73 Å². The van der Waals surface area contributed by atoms with Gasteiger partial charge in [-0.2, -0.15) is 0 Å². The van der Waals surface area contributed by atoms with Gasteiger partial charge < -0.3 is 15.4 Å². The third-order valence-corrected chi connectivity index (χ3v) is 7.25. The summed E-state index contributed by atoms with van der Waals surface area (Å²) in [6.45, 7) is 12.3. The zero-order valence-electron chi connectivity index (χ0n) is 19.0. The van der Waals surface area contributed by atoms with Crippen LogP contribution in [0.1, 0.15) is 27.2 Å². The van der Waals surface area contributed by atoms with Crippen LogP contribution in [0.5, 0.6) is 0 Å². The van der Waals surface area contributed by atoms with Gasteiger partial charge in [-0.05, 0) is 31.1 Å². The van der Waals surface area contributed by atoms with Gasteiger partial charge in [0.05, 0.1) is 31.6 Å². The van der Waals surface area contributed by atoms with Gasteiger partial charge in [-0.25, -0.2) is 0 Å². The highest BCUT2D eigenvalue weighted by atomic mass is 16.5. The molecule has 3 fully saturated rings. The Morgan fingerprint density at radius 3 is 2.35 bits per heavy atom. The van der Waals surface area contributed by atoms with E-state index >= 15 is 0 Å². The van der Waals surface area contributed by atoms with E-state index in [1.54, 1.807) is 0 Å². The van der Waals surface area contributed by atoms with Crippen molar-refractivity contribution in [1.29, 1.82) is 0 Å². The molecular formula is C23H37N5O3. The van der Waals surface area contributed by atoms with E-state index in [0.29, 0.717) is 31.6 Å². The number of guanidine groups is 1. The molecule has 2 aliphatic heterocycles. The summed E-state index contributed by atoms with van der Waals surface area (Å²) in [6.07, 6.45) is 5.24. The summed E-state index contributed by atoms with van der Waals surface area (Å²) in [7, 11) is 0. The van der Waals surface area contributed by atoms with Crippen LogP contribution in [0.3, 0.4) is 0 Å². The molecule has 2 saturated heterocycles. The molecule has 8 heteroatoms. The zero-order chi connectivity index (χ0) is 22.0. The number of fused-ring (bicyclic) bond motifs is 5. The lowest BCUT2D eigenvalue weighted by atomic mass is 9.85. The molecule has 8 nitrogen and oxygen atoms in total. The van der Waals surface area contributed by atoms with E-state index in [-0.39, 0.29) is 35.5 Å². The average molecular weight is 432 g/mol. The quantitative estimate of drug-likeness (QED) is 0.255. The highest BCUT2D eigenvalue weighted by molar-refractivity contribution is 6.06. The standard InChI is InChI=1S/C23H37N5O3/c1-4-24-23(26-14-18(15(2)3)27-9-11-31-12-10-27)25-7-8-28-21(29)19-16-5-6-17(13-16)20(19)22(28)30/h5-6,15-20H,4,7-14H2,1-3H3,(H2,24,25,26). The van der Waals surface area contributed by atoms with Gasteiger partial charge in [-0.1, -0.05) is 26.0 Å². The first kappa shape index (κ1) is 22.3. The van der Waals surface area contributed by atoms with Crippen molar-refractivity contribution in [2.75, 3.05) is 52.5 Å². The molecule has 0 aromatic heterocycles. The number of carbonyl (C=O) groups excluding carboxylic acids is 2. The normalized spacial score (nSPS) is 31.6. The number of hydrogen-bond acceptors (Lipinski definition) is 5. The Bertz CT molecular complexity index is 701. The first-order valence-corrected chi connectivity index (χ1v) is 11.9. The van der Waals surface area contributed by atoms with E-state index in [1.165, 1.54) is 4.90 Å². The predicted octanol–water partition coefficient (Wildman–Crippen LogP) is 0.705. The molecule has 0 aromatic rings. The number of hydrogen-bond donors (Lipinski definition) is 2. The Labute approximate surface area is 185 Å². The lowest BCUT2D eigenvalue weighted by Gasteiger charge is -2.36. The average Bonchev–Trinajstić information content (AvgIpc) is 3.44. The number of nitrogens with one attached hydrogen (secondary N) is 2. The van der Waals surface area contributed by atoms with Crippen LogP contribution in [-0.4, -0.2) is 86.1 Å². The second-order valence-electron chi connectivity index (χ2n) is 9.43. The molecule has 0 radical (unpaired) electrons. The second kappa shape index (κ2) is 9.69. The maximum atomic E-state index is 12.8. The minimum Gasteiger partial charge on any atom is -0.379 e. The van der Waals surface area contributed by atoms with Crippen LogP contribution in [0, 0.1) is 29.6 Å².